The Morgan fingerprint density at radius 3 is 2.03 bits per heavy atom. The SMILES string of the molecule is CC(C(=O)OCN1C(=O)c2ccccc2C1=O)c1cccc(C(=O)c2ccccc2)c1. The van der Waals surface area contributed by atoms with E-state index in [1.54, 1.807) is 79.7 Å². The number of benzene rings is 3. The van der Waals surface area contributed by atoms with Crippen molar-refractivity contribution in [1.82, 2.24) is 4.90 Å². The molecule has 1 atom stereocenters. The van der Waals surface area contributed by atoms with Crippen molar-refractivity contribution < 1.29 is 23.9 Å². The van der Waals surface area contributed by atoms with Crippen molar-refractivity contribution in [1.29, 1.82) is 0 Å². The van der Waals surface area contributed by atoms with Gasteiger partial charge in [-0.2, -0.15) is 0 Å². The molecular weight excluding hydrogens is 394 g/mol. The zero-order valence-electron chi connectivity index (χ0n) is 16.8. The van der Waals surface area contributed by atoms with Crippen molar-refractivity contribution in [3.05, 3.63) is 107 Å². The van der Waals surface area contributed by atoms with Crippen molar-refractivity contribution in [2.45, 2.75) is 12.8 Å². The third-order valence-corrected chi connectivity index (χ3v) is 5.25. The lowest BCUT2D eigenvalue weighted by Gasteiger charge is -2.17. The molecule has 31 heavy (non-hydrogen) atoms. The Hall–Kier alpha value is -4.06. The van der Waals surface area contributed by atoms with Crippen LogP contribution in [0.4, 0.5) is 0 Å². The maximum absolute atomic E-state index is 12.7. The predicted molar refractivity (Wildman–Crippen MR) is 113 cm³/mol. The summed E-state index contributed by atoms with van der Waals surface area (Å²) in [7, 11) is 0. The van der Waals surface area contributed by atoms with Gasteiger partial charge in [-0.25, -0.2) is 4.90 Å². The number of imide groups is 1. The second-order valence-corrected chi connectivity index (χ2v) is 7.22. The van der Waals surface area contributed by atoms with Crippen LogP contribution in [0.3, 0.4) is 0 Å². The van der Waals surface area contributed by atoms with Gasteiger partial charge in [-0.05, 0) is 30.7 Å². The first kappa shape index (κ1) is 20.2. The molecule has 1 aliphatic rings. The molecule has 0 aliphatic carbocycles. The van der Waals surface area contributed by atoms with Crippen LogP contribution in [-0.2, 0) is 9.53 Å². The molecule has 1 aliphatic heterocycles. The Morgan fingerprint density at radius 1 is 0.806 bits per heavy atom. The van der Waals surface area contributed by atoms with Crippen LogP contribution in [0.15, 0.2) is 78.9 Å². The Labute approximate surface area is 179 Å². The van der Waals surface area contributed by atoms with E-state index in [9.17, 15) is 19.2 Å². The highest BCUT2D eigenvalue weighted by Crippen LogP contribution is 2.24. The Kier molecular flexibility index (Phi) is 5.45. The van der Waals surface area contributed by atoms with Gasteiger partial charge >= 0.3 is 5.97 Å². The van der Waals surface area contributed by atoms with Crippen LogP contribution in [0.2, 0.25) is 0 Å². The Morgan fingerprint density at radius 2 is 1.39 bits per heavy atom. The number of ketones is 1. The first-order valence-electron chi connectivity index (χ1n) is 9.79. The quantitative estimate of drug-likeness (QED) is 0.349. The van der Waals surface area contributed by atoms with E-state index >= 15 is 0 Å². The van der Waals surface area contributed by atoms with Gasteiger partial charge in [-0.3, -0.25) is 19.2 Å². The second-order valence-electron chi connectivity index (χ2n) is 7.22. The van der Waals surface area contributed by atoms with E-state index in [1.165, 1.54) is 0 Å². The molecular formula is C25H19NO5. The molecule has 4 rings (SSSR count). The van der Waals surface area contributed by atoms with Gasteiger partial charge in [0.25, 0.3) is 11.8 Å². The number of amides is 2. The average Bonchev–Trinajstić information content (AvgIpc) is 3.07. The molecule has 1 unspecified atom stereocenters. The number of ether oxygens (including phenoxy) is 1. The number of esters is 1. The standard InChI is InChI=1S/C25H19NO5/c1-16(18-10-7-11-19(14-18)22(27)17-8-3-2-4-9-17)25(30)31-15-26-23(28)20-12-5-6-13-21(20)24(26)29/h2-14,16H,15H2,1H3. The maximum atomic E-state index is 12.7. The summed E-state index contributed by atoms with van der Waals surface area (Å²) in [4.78, 5) is 50.9. The number of rotatable bonds is 6. The summed E-state index contributed by atoms with van der Waals surface area (Å²) in [5.74, 6) is -2.40. The van der Waals surface area contributed by atoms with Gasteiger partial charge in [-0.15, -0.1) is 0 Å². The number of fused-ring (bicyclic) bond motifs is 1. The molecule has 0 radical (unpaired) electrons. The van der Waals surface area contributed by atoms with Crippen molar-refractivity contribution in [2.24, 2.45) is 0 Å². The first-order valence-corrected chi connectivity index (χ1v) is 9.79. The molecule has 0 saturated heterocycles. The third kappa shape index (κ3) is 3.88. The highest BCUT2D eigenvalue weighted by Gasteiger charge is 2.36. The molecule has 0 bridgehead atoms. The van der Waals surface area contributed by atoms with Gasteiger partial charge in [0.05, 0.1) is 17.0 Å². The topological polar surface area (TPSA) is 80.8 Å². The number of carbonyl (C=O) groups is 4. The fourth-order valence-electron chi connectivity index (χ4n) is 3.45. The summed E-state index contributed by atoms with van der Waals surface area (Å²) >= 11 is 0. The van der Waals surface area contributed by atoms with Crippen LogP contribution in [-0.4, -0.2) is 35.2 Å². The molecule has 0 aromatic heterocycles. The maximum Gasteiger partial charge on any atom is 0.314 e. The highest BCUT2D eigenvalue weighted by molar-refractivity contribution is 6.21. The largest absolute Gasteiger partial charge is 0.443 e. The minimum absolute atomic E-state index is 0.144. The van der Waals surface area contributed by atoms with Gasteiger partial charge in [0.15, 0.2) is 12.5 Å². The van der Waals surface area contributed by atoms with E-state index in [-0.39, 0.29) is 5.78 Å². The van der Waals surface area contributed by atoms with Gasteiger partial charge in [-0.1, -0.05) is 60.7 Å². The van der Waals surface area contributed by atoms with E-state index in [2.05, 4.69) is 0 Å². The van der Waals surface area contributed by atoms with Crippen LogP contribution >= 0.6 is 0 Å². The number of carbonyl (C=O) groups excluding carboxylic acids is 4. The van der Waals surface area contributed by atoms with Crippen LogP contribution < -0.4 is 0 Å². The summed E-state index contributed by atoms with van der Waals surface area (Å²) in [6, 6.07) is 22.1. The summed E-state index contributed by atoms with van der Waals surface area (Å²) in [6.45, 7) is 1.19. The van der Waals surface area contributed by atoms with Crippen LogP contribution in [0, 0.1) is 0 Å². The van der Waals surface area contributed by atoms with Gasteiger partial charge in [0.2, 0.25) is 0 Å². The summed E-state index contributed by atoms with van der Waals surface area (Å²) in [6.07, 6.45) is 0. The molecule has 3 aromatic rings. The molecule has 154 valence electrons. The summed E-state index contributed by atoms with van der Waals surface area (Å²) in [5.41, 5.74) is 2.21. The first-order chi connectivity index (χ1) is 15.0. The summed E-state index contributed by atoms with van der Waals surface area (Å²) < 4.78 is 5.26. The lowest BCUT2D eigenvalue weighted by atomic mass is 9.96. The lowest BCUT2D eigenvalue weighted by molar-refractivity contribution is -0.147. The van der Waals surface area contributed by atoms with Gasteiger partial charge in [0, 0.05) is 11.1 Å². The van der Waals surface area contributed by atoms with Gasteiger partial charge in [0.1, 0.15) is 0 Å². The molecule has 0 spiro atoms. The molecule has 2 amide bonds. The van der Waals surface area contributed by atoms with Crippen molar-refractivity contribution >= 4 is 23.6 Å². The third-order valence-electron chi connectivity index (χ3n) is 5.25. The van der Waals surface area contributed by atoms with Crippen molar-refractivity contribution in [3.63, 3.8) is 0 Å². The Bertz CT molecular complexity index is 1150. The summed E-state index contributed by atoms with van der Waals surface area (Å²) in [5, 5.41) is 0. The van der Waals surface area contributed by atoms with E-state index in [0.29, 0.717) is 27.8 Å². The zero-order chi connectivity index (χ0) is 22.0. The molecule has 0 fully saturated rings. The molecule has 6 heteroatoms. The number of hydrogen-bond acceptors (Lipinski definition) is 5. The van der Waals surface area contributed by atoms with Crippen molar-refractivity contribution in [3.8, 4) is 0 Å². The number of nitrogens with zero attached hydrogens (tertiary/aromatic N) is 1. The Balaban J connectivity index is 1.44. The van der Waals surface area contributed by atoms with Crippen LogP contribution in [0.5, 0.6) is 0 Å². The zero-order valence-corrected chi connectivity index (χ0v) is 16.8. The molecule has 1 heterocycles. The molecule has 3 aromatic carbocycles. The average molecular weight is 413 g/mol. The smallest absolute Gasteiger partial charge is 0.314 e. The fourth-order valence-corrected chi connectivity index (χ4v) is 3.45. The highest BCUT2D eigenvalue weighted by atomic mass is 16.5. The molecule has 0 N–H and O–H groups in total. The van der Waals surface area contributed by atoms with E-state index in [1.807, 2.05) is 6.07 Å². The minimum atomic E-state index is -0.682. The van der Waals surface area contributed by atoms with E-state index in [4.69, 9.17) is 4.74 Å². The lowest BCUT2D eigenvalue weighted by Crippen LogP contribution is -2.34. The van der Waals surface area contributed by atoms with E-state index < -0.39 is 30.4 Å². The van der Waals surface area contributed by atoms with Crippen molar-refractivity contribution in [2.75, 3.05) is 6.73 Å². The minimum Gasteiger partial charge on any atom is -0.443 e. The van der Waals surface area contributed by atoms with Crippen LogP contribution in [0.25, 0.3) is 0 Å². The molecule has 0 saturated carbocycles. The fraction of sp³-hybridized carbons (Fsp3) is 0.120. The normalized spacial score (nSPS) is 13.6. The predicted octanol–water partition coefficient (Wildman–Crippen LogP) is 3.82. The van der Waals surface area contributed by atoms with Crippen LogP contribution in [0.1, 0.15) is 55.0 Å². The second kappa shape index (κ2) is 8.36. The number of hydrogen-bond donors (Lipinski definition) is 0. The van der Waals surface area contributed by atoms with Gasteiger partial charge < -0.3 is 4.74 Å². The monoisotopic (exact) mass is 413 g/mol. The van der Waals surface area contributed by atoms with E-state index in [0.717, 1.165) is 4.90 Å². The molecule has 6 nitrogen and oxygen atoms in total.